The predicted octanol–water partition coefficient (Wildman–Crippen LogP) is 3.21. The molecule has 0 amide bonds. The summed E-state index contributed by atoms with van der Waals surface area (Å²) in [4.78, 5) is 2.53. The maximum absolute atomic E-state index is 3.94. The Bertz CT molecular complexity index is 378. The van der Waals surface area contributed by atoms with Crippen LogP contribution in [0.3, 0.4) is 0 Å². The van der Waals surface area contributed by atoms with E-state index in [2.05, 4.69) is 60.1 Å². The van der Waals surface area contributed by atoms with E-state index in [0.717, 1.165) is 13.0 Å². The molecule has 2 rings (SSSR count). The van der Waals surface area contributed by atoms with E-state index in [4.69, 9.17) is 0 Å². The van der Waals surface area contributed by atoms with Crippen LogP contribution in [-0.4, -0.2) is 30.1 Å². The van der Waals surface area contributed by atoms with Gasteiger partial charge in [0.05, 0.1) is 0 Å². The lowest BCUT2D eigenvalue weighted by molar-refractivity contribution is 0.139. The lowest BCUT2D eigenvalue weighted by Crippen LogP contribution is -2.52. The third-order valence-corrected chi connectivity index (χ3v) is 4.31. The summed E-state index contributed by atoms with van der Waals surface area (Å²) in [6.45, 7) is 10.7. The number of rotatable bonds is 6. The Morgan fingerprint density at radius 2 is 1.95 bits per heavy atom. The standard InChI is InChI=1S/C17H26N2/c1-3-10-17(11-13-19(4-2)14-12-17)18-15-16-8-6-5-7-9-16/h3,5-9,18H,1,4,10-15H2,2H3. The molecule has 0 aliphatic carbocycles. The Morgan fingerprint density at radius 1 is 1.26 bits per heavy atom. The summed E-state index contributed by atoms with van der Waals surface area (Å²) in [6.07, 6.45) is 5.58. The Kier molecular flexibility index (Phi) is 5.17. The molecule has 1 aromatic rings. The van der Waals surface area contributed by atoms with Crippen LogP contribution in [0, 0.1) is 0 Å². The van der Waals surface area contributed by atoms with Crippen molar-refractivity contribution in [2.45, 2.75) is 38.3 Å². The SMILES string of the molecule is C=CCC1(NCc2ccccc2)CCN(CC)CC1. The molecule has 1 aliphatic rings. The third-order valence-electron chi connectivity index (χ3n) is 4.31. The van der Waals surface area contributed by atoms with E-state index in [9.17, 15) is 0 Å². The van der Waals surface area contributed by atoms with Crippen molar-refractivity contribution in [1.29, 1.82) is 0 Å². The highest BCUT2D eigenvalue weighted by molar-refractivity contribution is 5.15. The number of benzene rings is 1. The van der Waals surface area contributed by atoms with Gasteiger partial charge in [-0.2, -0.15) is 0 Å². The van der Waals surface area contributed by atoms with Crippen molar-refractivity contribution < 1.29 is 0 Å². The van der Waals surface area contributed by atoms with Gasteiger partial charge in [-0.3, -0.25) is 0 Å². The van der Waals surface area contributed by atoms with E-state index >= 15 is 0 Å². The van der Waals surface area contributed by atoms with Crippen molar-refractivity contribution in [2.75, 3.05) is 19.6 Å². The van der Waals surface area contributed by atoms with E-state index < -0.39 is 0 Å². The topological polar surface area (TPSA) is 15.3 Å². The van der Waals surface area contributed by atoms with Gasteiger partial charge in [-0.15, -0.1) is 6.58 Å². The summed E-state index contributed by atoms with van der Waals surface area (Å²) in [6, 6.07) is 10.7. The van der Waals surface area contributed by atoms with E-state index in [1.807, 2.05) is 0 Å². The monoisotopic (exact) mass is 258 g/mol. The van der Waals surface area contributed by atoms with E-state index in [1.54, 1.807) is 0 Å². The van der Waals surface area contributed by atoms with Gasteiger partial charge in [0.1, 0.15) is 0 Å². The number of likely N-dealkylation sites (tertiary alicyclic amines) is 1. The van der Waals surface area contributed by atoms with Crippen LogP contribution in [0.15, 0.2) is 43.0 Å². The molecule has 1 aliphatic heterocycles. The van der Waals surface area contributed by atoms with Crippen LogP contribution in [-0.2, 0) is 6.54 Å². The molecule has 2 nitrogen and oxygen atoms in total. The highest BCUT2D eigenvalue weighted by Crippen LogP contribution is 2.26. The molecular formula is C17H26N2. The van der Waals surface area contributed by atoms with Gasteiger partial charge in [-0.1, -0.05) is 43.3 Å². The van der Waals surface area contributed by atoms with Gasteiger partial charge in [0.2, 0.25) is 0 Å². The molecule has 1 aromatic carbocycles. The normalized spacial score (nSPS) is 19.2. The second-order valence-corrected chi connectivity index (χ2v) is 5.55. The smallest absolute Gasteiger partial charge is 0.0243 e. The van der Waals surface area contributed by atoms with Crippen molar-refractivity contribution in [3.05, 3.63) is 48.6 Å². The molecule has 104 valence electrons. The summed E-state index contributed by atoms with van der Waals surface area (Å²) in [5.41, 5.74) is 1.62. The van der Waals surface area contributed by atoms with E-state index in [1.165, 1.54) is 38.0 Å². The maximum atomic E-state index is 3.94. The van der Waals surface area contributed by atoms with Gasteiger partial charge in [0.15, 0.2) is 0 Å². The Labute approximate surface area is 117 Å². The fraction of sp³-hybridized carbons (Fsp3) is 0.529. The summed E-state index contributed by atoms with van der Waals surface area (Å²) in [5.74, 6) is 0. The molecule has 0 saturated carbocycles. The molecule has 0 atom stereocenters. The van der Waals surface area contributed by atoms with Crippen LogP contribution in [0.2, 0.25) is 0 Å². The van der Waals surface area contributed by atoms with Crippen LogP contribution in [0.25, 0.3) is 0 Å². The molecule has 1 N–H and O–H groups in total. The zero-order chi connectivity index (χ0) is 13.6. The van der Waals surface area contributed by atoms with Crippen molar-refractivity contribution in [3.8, 4) is 0 Å². The predicted molar refractivity (Wildman–Crippen MR) is 82.2 cm³/mol. The molecule has 0 aromatic heterocycles. The van der Waals surface area contributed by atoms with Gasteiger partial charge < -0.3 is 10.2 Å². The number of hydrogen-bond acceptors (Lipinski definition) is 2. The van der Waals surface area contributed by atoms with Crippen LogP contribution in [0.1, 0.15) is 31.7 Å². The average molecular weight is 258 g/mol. The Balaban J connectivity index is 1.94. The second-order valence-electron chi connectivity index (χ2n) is 5.55. The Morgan fingerprint density at radius 3 is 2.53 bits per heavy atom. The lowest BCUT2D eigenvalue weighted by atomic mass is 9.84. The number of nitrogens with zero attached hydrogens (tertiary/aromatic N) is 1. The summed E-state index contributed by atoms with van der Waals surface area (Å²) < 4.78 is 0. The molecule has 0 unspecified atom stereocenters. The number of nitrogens with one attached hydrogen (secondary N) is 1. The highest BCUT2D eigenvalue weighted by atomic mass is 15.1. The minimum atomic E-state index is 0.253. The van der Waals surface area contributed by atoms with Crippen LogP contribution in [0.5, 0.6) is 0 Å². The molecule has 19 heavy (non-hydrogen) atoms. The minimum Gasteiger partial charge on any atom is -0.307 e. The molecule has 2 heteroatoms. The molecule has 1 heterocycles. The summed E-state index contributed by atoms with van der Waals surface area (Å²) in [7, 11) is 0. The highest BCUT2D eigenvalue weighted by Gasteiger charge is 2.32. The summed E-state index contributed by atoms with van der Waals surface area (Å²) in [5, 5.41) is 3.80. The lowest BCUT2D eigenvalue weighted by Gasteiger charge is -2.42. The maximum Gasteiger partial charge on any atom is 0.0243 e. The van der Waals surface area contributed by atoms with Gasteiger partial charge >= 0.3 is 0 Å². The number of hydrogen-bond donors (Lipinski definition) is 1. The van der Waals surface area contributed by atoms with Crippen LogP contribution in [0.4, 0.5) is 0 Å². The minimum absolute atomic E-state index is 0.253. The fourth-order valence-electron chi connectivity index (χ4n) is 2.91. The first-order valence-electron chi connectivity index (χ1n) is 7.40. The first kappa shape index (κ1) is 14.3. The van der Waals surface area contributed by atoms with Crippen molar-refractivity contribution >= 4 is 0 Å². The van der Waals surface area contributed by atoms with Crippen molar-refractivity contribution in [2.24, 2.45) is 0 Å². The van der Waals surface area contributed by atoms with Gasteiger partial charge in [-0.25, -0.2) is 0 Å². The first-order chi connectivity index (χ1) is 9.28. The van der Waals surface area contributed by atoms with Crippen molar-refractivity contribution in [3.63, 3.8) is 0 Å². The van der Waals surface area contributed by atoms with Crippen LogP contribution < -0.4 is 5.32 Å². The van der Waals surface area contributed by atoms with Gasteiger partial charge in [-0.05, 0) is 44.5 Å². The zero-order valence-corrected chi connectivity index (χ0v) is 12.1. The third kappa shape index (κ3) is 3.92. The second kappa shape index (κ2) is 6.88. The van der Waals surface area contributed by atoms with E-state index in [-0.39, 0.29) is 5.54 Å². The molecular weight excluding hydrogens is 232 g/mol. The largest absolute Gasteiger partial charge is 0.307 e. The molecule has 0 radical (unpaired) electrons. The van der Waals surface area contributed by atoms with Crippen molar-refractivity contribution in [1.82, 2.24) is 10.2 Å². The van der Waals surface area contributed by atoms with Gasteiger partial charge in [0, 0.05) is 12.1 Å². The first-order valence-corrected chi connectivity index (χ1v) is 7.40. The summed E-state index contributed by atoms with van der Waals surface area (Å²) >= 11 is 0. The number of piperidine rings is 1. The molecule has 1 fully saturated rings. The Hall–Kier alpha value is -1.12. The molecule has 0 spiro atoms. The average Bonchev–Trinajstić information content (AvgIpc) is 2.48. The van der Waals surface area contributed by atoms with E-state index in [0.29, 0.717) is 0 Å². The zero-order valence-electron chi connectivity index (χ0n) is 12.1. The quantitative estimate of drug-likeness (QED) is 0.788. The molecule has 1 saturated heterocycles. The fourth-order valence-corrected chi connectivity index (χ4v) is 2.91. The van der Waals surface area contributed by atoms with Gasteiger partial charge in [0.25, 0.3) is 0 Å². The molecule has 0 bridgehead atoms. The van der Waals surface area contributed by atoms with Crippen LogP contribution >= 0.6 is 0 Å².